The third-order valence-corrected chi connectivity index (χ3v) is 4.43. The van der Waals surface area contributed by atoms with E-state index in [0.29, 0.717) is 24.2 Å². The van der Waals surface area contributed by atoms with E-state index in [9.17, 15) is 23.5 Å². The van der Waals surface area contributed by atoms with Crippen molar-refractivity contribution in [2.45, 2.75) is 12.4 Å². The number of hydrogen-bond acceptors (Lipinski definition) is 5. The number of benzene rings is 2. The number of aromatic hydroxyl groups is 1. The van der Waals surface area contributed by atoms with Gasteiger partial charge in [-0.1, -0.05) is 24.3 Å². The van der Waals surface area contributed by atoms with Crippen molar-refractivity contribution in [2.75, 3.05) is 26.2 Å². The summed E-state index contributed by atoms with van der Waals surface area (Å²) < 4.78 is 41.1. The van der Waals surface area contributed by atoms with Crippen LogP contribution in [0.4, 0.5) is 13.2 Å². The molecule has 5 nitrogen and oxygen atoms in total. The highest BCUT2D eigenvalue weighted by atomic mass is 19.4. The number of alkyl halides is 3. The van der Waals surface area contributed by atoms with Gasteiger partial charge in [0, 0.05) is 31.7 Å². The SMILES string of the molecule is N#Cc1cccc([C@@H](c2ccc(OC(F)(F)F)cc2)N2CCNCC2)c1O. The van der Waals surface area contributed by atoms with Crippen LogP contribution in [0.15, 0.2) is 42.5 Å². The highest BCUT2D eigenvalue weighted by molar-refractivity contribution is 5.51. The molecule has 3 rings (SSSR count). The molecule has 0 saturated carbocycles. The average molecular weight is 377 g/mol. The second-order valence-electron chi connectivity index (χ2n) is 6.16. The lowest BCUT2D eigenvalue weighted by atomic mass is 9.94. The molecule has 0 bridgehead atoms. The normalized spacial score (nSPS) is 16.5. The van der Waals surface area contributed by atoms with Gasteiger partial charge in [0.25, 0.3) is 0 Å². The smallest absolute Gasteiger partial charge is 0.506 e. The van der Waals surface area contributed by atoms with Crippen molar-refractivity contribution in [2.24, 2.45) is 0 Å². The number of hydrogen-bond donors (Lipinski definition) is 2. The van der Waals surface area contributed by atoms with Crippen LogP contribution in [0.3, 0.4) is 0 Å². The Kier molecular flexibility index (Phi) is 5.54. The van der Waals surface area contributed by atoms with Gasteiger partial charge in [-0.15, -0.1) is 13.2 Å². The lowest BCUT2D eigenvalue weighted by molar-refractivity contribution is -0.274. The summed E-state index contributed by atoms with van der Waals surface area (Å²) >= 11 is 0. The molecule has 27 heavy (non-hydrogen) atoms. The molecule has 1 aliphatic rings. The molecule has 1 aliphatic heterocycles. The van der Waals surface area contributed by atoms with E-state index in [1.165, 1.54) is 18.2 Å². The number of ether oxygens (including phenoxy) is 1. The van der Waals surface area contributed by atoms with Crippen LogP contribution in [0.2, 0.25) is 0 Å². The number of phenols is 1. The molecule has 0 unspecified atom stereocenters. The van der Waals surface area contributed by atoms with E-state index in [2.05, 4.69) is 15.0 Å². The molecule has 1 heterocycles. The maximum Gasteiger partial charge on any atom is 0.573 e. The Hall–Kier alpha value is -2.76. The summed E-state index contributed by atoms with van der Waals surface area (Å²) in [7, 11) is 0. The summed E-state index contributed by atoms with van der Waals surface area (Å²) in [4.78, 5) is 2.12. The van der Waals surface area contributed by atoms with Crippen LogP contribution in [-0.4, -0.2) is 42.5 Å². The van der Waals surface area contributed by atoms with Crippen molar-refractivity contribution in [3.63, 3.8) is 0 Å². The fourth-order valence-electron chi connectivity index (χ4n) is 3.25. The van der Waals surface area contributed by atoms with Crippen LogP contribution < -0.4 is 10.1 Å². The van der Waals surface area contributed by atoms with Crippen LogP contribution in [0.5, 0.6) is 11.5 Å². The second kappa shape index (κ2) is 7.86. The van der Waals surface area contributed by atoms with Gasteiger partial charge in [-0.3, -0.25) is 4.90 Å². The molecular weight excluding hydrogens is 359 g/mol. The highest BCUT2D eigenvalue weighted by Crippen LogP contribution is 2.37. The Labute approximate surface area is 154 Å². The molecule has 0 aromatic heterocycles. The molecule has 8 heteroatoms. The standard InChI is InChI=1S/C19H18F3N3O2/c20-19(21,22)27-15-6-4-13(5-7-15)17(25-10-8-24-9-11-25)16-3-1-2-14(12-23)18(16)26/h1-7,17,24,26H,8-11H2/t17-/m1/s1. The molecule has 0 aliphatic carbocycles. The predicted molar refractivity (Wildman–Crippen MR) is 92.2 cm³/mol. The summed E-state index contributed by atoms with van der Waals surface area (Å²) in [5, 5.41) is 23.0. The van der Waals surface area contributed by atoms with Crippen molar-refractivity contribution in [1.29, 1.82) is 5.26 Å². The minimum Gasteiger partial charge on any atom is -0.506 e. The van der Waals surface area contributed by atoms with E-state index in [0.717, 1.165) is 13.1 Å². The van der Waals surface area contributed by atoms with E-state index in [4.69, 9.17) is 0 Å². The summed E-state index contributed by atoms with van der Waals surface area (Å²) in [6.45, 7) is 2.90. The Morgan fingerprint density at radius 2 is 1.78 bits per heavy atom. The monoisotopic (exact) mass is 377 g/mol. The zero-order valence-corrected chi connectivity index (χ0v) is 14.3. The lowest BCUT2D eigenvalue weighted by Crippen LogP contribution is -2.45. The highest BCUT2D eigenvalue weighted by Gasteiger charge is 2.31. The van der Waals surface area contributed by atoms with E-state index < -0.39 is 6.36 Å². The van der Waals surface area contributed by atoms with Gasteiger partial charge >= 0.3 is 6.36 Å². The summed E-state index contributed by atoms with van der Waals surface area (Å²) in [5.41, 5.74) is 1.40. The van der Waals surface area contributed by atoms with Crippen molar-refractivity contribution >= 4 is 0 Å². The van der Waals surface area contributed by atoms with Crippen LogP contribution >= 0.6 is 0 Å². The van der Waals surface area contributed by atoms with Gasteiger partial charge in [0.1, 0.15) is 17.6 Å². The zero-order valence-electron chi connectivity index (χ0n) is 14.3. The number of para-hydroxylation sites is 1. The summed E-state index contributed by atoms with van der Waals surface area (Å²) in [6, 6.07) is 12.1. The zero-order chi connectivity index (χ0) is 19.4. The Balaban J connectivity index is 1.99. The minimum atomic E-state index is -4.75. The van der Waals surface area contributed by atoms with Crippen LogP contribution in [0.1, 0.15) is 22.7 Å². The maximum atomic E-state index is 12.4. The fraction of sp³-hybridized carbons (Fsp3) is 0.316. The van der Waals surface area contributed by atoms with Gasteiger partial charge in [0.05, 0.1) is 11.6 Å². The Bertz CT molecular complexity index is 826. The second-order valence-corrected chi connectivity index (χ2v) is 6.16. The summed E-state index contributed by atoms with van der Waals surface area (Å²) in [6.07, 6.45) is -4.75. The number of nitriles is 1. The molecule has 1 saturated heterocycles. The van der Waals surface area contributed by atoms with E-state index in [1.807, 2.05) is 6.07 Å². The van der Waals surface area contributed by atoms with Gasteiger partial charge in [-0.05, 0) is 23.8 Å². The molecule has 0 spiro atoms. The van der Waals surface area contributed by atoms with Gasteiger partial charge in [-0.25, -0.2) is 0 Å². The first-order valence-corrected chi connectivity index (χ1v) is 8.41. The number of nitrogens with zero attached hydrogens (tertiary/aromatic N) is 2. The quantitative estimate of drug-likeness (QED) is 0.857. The van der Waals surface area contributed by atoms with Crippen molar-refractivity contribution in [3.8, 4) is 17.6 Å². The Morgan fingerprint density at radius 3 is 2.37 bits per heavy atom. The molecule has 1 fully saturated rings. The third-order valence-electron chi connectivity index (χ3n) is 4.43. The van der Waals surface area contributed by atoms with Crippen LogP contribution in [-0.2, 0) is 0 Å². The van der Waals surface area contributed by atoms with Crippen molar-refractivity contribution in [1.82, 2.24) is 10.2 Å². The molecule has 2 N–H and O–H groups in total. The largest absolute Gasteiger partial charge is 0.573 e. The fourth-order valence-corrected chi connectivity index (χ4v) is 3.25. The summed E-state index contributed by atoms with van der Waals surface area (Å²) in [5.74, 6) is -0.417. The van der Waals surface area contributed by atoms with Crippen molar-refractivity contribution in [3.05, 3.63) is 59.2 Å². The van der Waals surface area contributed by atoms with Gasteiger partial charge in [0.15, 0.2) is 0 Å². The topological polar surface area (TPSA) is 68.5 Å². The van der Waals surface area contributed by atoms with Gasteiger partial charge in [0.2, 0.25) is 0 Å². The average Bonchev–Trinajstić information content (AvgIpc) is 2.64. The molecule has 1 atom stereocenters. The number of halogens is 3. The number of nitrogens with one attached hydrogen (secondary N) is 1. The molecule has 2 aromatic carbocycles. The molecule has 0 radical (unpaired) electrons. The first kappa shape index (κ1) is 19.0. The number of piperazine rings is 1. The lowest BCUT2D eigenvalue weighted by Gasteiger charge is -2.36. The number of rotatable bonds is 4. The first-order valence-electron chi connectivity index (χ1n) is 8.41. The Morgan fingerprint density at radius 1 is 1.11 bits per heavy atom. The van der Waals surface area contributed by atoms with E-state index >= 15 is 0 Å². The van der Waals surface area contributed by atoms with Crippen molar-refractivity contribution < 1.29 is 23.0 Å². The van der Waals surface area contributed by atoms with Gasteiger partial charge in [-0.2, -0.15) is 5.26 Å². The van der Waals surface area contributed by atoms with E-state index in [1.54, 1.807) is 24.3 Å². The number of phenolic OH excluding ortho intramolecular Hbond substituents is 1. The third kappa shape index (κ3) is 4.51. The predicted octanol–water partition coefficient (Wildman–Crippen LogP) is 3.16. The van der Waals surface area contributed by atoms with Crippen LogP contribution in [0.25, 0.3) is 0 Å². The minimum absolute atomic E-state index is 0.112. The molecular formula is C19H18F3N3O2. The first-order chi connectivity index (χ1) is 12.9. The molecule has 0 amide bonds. The molecule has 2 aromatic rings. The maximum absolute atomic E-state index is 12.4. The van der Waals surface area contributed by atoms with Crippen LogP contribution in [0, 0.1) is 11.3 Å². The van der Waals surface area contributed by atoms with E-state index in [-0.39, 0.29) is 23.1 Å². The van der Waals surface area contributed by atoms with Gasteiger partial charge < -0.3 is 15.2 Å². The molecule has 142 valence electrons.